The fourth-order valence-electron chi connectivity index (χ4n) is 2.04. The van der Waals surface area contributed by atoms with Crippen molar-refractivity contribution in [3.8, 4) is 0 Å². The summed E-state index contributed by atoms with van der Waals surface area (Å²) in [5, 5.41) is 2.81. The van der Waals surface area contributed by atoms with Crippen LogP contribution in [0.15, 0.2) is 36.4 Å². The third kappa shape index (κ3) is 2.61. The maximum absolute atomic E-state index is 2.31. The van der Waals surface area contributed by atoms with Gasteiger partial charge in [-0.05, 0) is 36.1 Å². The van der Waals surface area contributed by atoms with Crippen molar-refractivity contribution in [2.75, 3.05) is 0 Å². The van der Waals surface area contributed by atoms with Crippen LogP contribution < -0.4 is 6.15 Å². The fourth-order valence-corrected chi connectivity index (χ4v) is 2.04. The van der Waals surface area contributed by atoms with Crippen LogP contribution >= 0.6 is 0 Å². The molecule has 0 bridgehead atoms. The van der Waals surface area contributed by atoms with Crippen LogP contribution in [0.1, 0.15) is 30.9 Å². The first-order chi connectivity index (χ1) is 7.31. The van der Waals surface area contributed by atoms with Gasteiger partial charge in [-0.25, -0.2) is 0 Å². The van der Waals surface area contributed by atoms with Gasteiger partial charge < -0.3 is 6.15 Å². The Kier molecular flexibility index (Phi) is 4.51. The van der Waals surface area contributed by atoms with E-state index in [0.717, 1.165) is 0 Å². The van der Waals surface area contributed by atoms with Gasteiger partial charge in [-0.1, -0.05) is 55.3 Å². The largest absolute Gasteiger partial charge is 0.344 e. The molecule has 2 aromatic carbocycles. The van der Waals surface area contributed by atoms with Crippen molar-refractivity contribution in [3.05, 3.63) is 47.5 Å². The van der Waals surface area contributed by atoms with Gasteiger partial charge in [0, 0.05) is 0 Å². The van der Waals surface area contributed by atoms with E-state index in [-0.39, 0.29) is 6.15 Å². The summed E-state index contributed by atoms with van der Waals surface area (Å²) < 4.78 is 0. The predicted octanol–water partition coefficient (Wildman–Crippen LogP) is 4.65. The topological polar surface area (TPSA) is 35.0 Å². The Balaban J connectivity index is 0.00000128. The summed E-state index contributed by atoms with van der Waals surface area (Å²) in [5.74, 6) is 0. The highest BCUT2D eigenvalue weighted by molar-refractivity contribution is 5.86. The number of aryl methyl sites for hydroxylation is 2. The van der Waals surface area contributed by atoms with E-state index in [1.165, 1.54) is 41.2 Å². The molecule has 0 aliphatic rings. The van der Waals surface area contributed by atoms with E-state index >= 15 is 0 Å². The van der Waals surface area contributed by atoms with Crippen LogP contribution in [0.3, 0.4) is 0 Å². The molecular formula is C15H21N. The molecule has 0 heterocycles. The van der Waals surface area contributed by atoms with Crippen molar-refractivity contribution < 1.29 is 0 Å². The van der Waals surface area contributed by atoms with Crippen LogP contribution in [0, 0.1) is 6.92 Å². The molecular weight excluding hydrogens is 194 g/mol. The maximum atomic E-state index is 2.31. The summed E-state index contributed by atoms with van der Waals surface area (Å²) in [4.78, 5) is 0. The van der Waals surface area contributed by atoms with E-state index < -0.39 is 0 Å². The average molecular weight is 215 g/mol. The zero-order valence-electron chi connectivity index (χ0n) is 10.3. The van der Waals surface area contributed by atoms with Gasteiger partial charge in [0.05, 0.1) is 0 Å². The number of hydrogen-bond acceptors (Lipinski definition) is 1. The van der Waals surface area contributed by atoms with Gasteiger partial charge in [-0.15, -0.1) is 0 Å². The van der Waals surface area contributed by atoms with E-state index in [9.17, 15) is 0 Å². The first-order valence-electron chi connectivity index (χ1n) is 5.79. The lowest BCUT2D eigenvalue weighted by molar-refractivity contribution is 0.799. The third-order valence-corrected chi connectivity index (χ3v) is 2.93. The summed E-state index contributed by atoms with van der Waals surface area (Å²) in [6, 6.07) is 13.3. The van der Waals surface area contributed by atoms with Crippen LogP contribution in [0.5, 0.6) is 0 Å². The van der Waals surface area contributed by atoms with Gasteiger partial charge in [0.15, 0.2) is 0 Å². The molecule has 86 valence electrons. The van der Waals surface area contributed by atoms with E-state index in [1.54, 1.807) is 0 Å². The second-order valence-electron chi connectivity index (χ2n) is 4.25. The van der Waals surface area contributed by atoms with Gasteiger partial charge in [-0.2, -0.15) is 0 Å². The molecule has 0 fully saturated rings. The molecule has 1 heteroatoms. The standard InChI is InChI=1S/C15H18.H3N/c1-3-4-6-13-7-5-8-14-10-9-12(2)11-15(13)14;/h5,7-11H,3-4,6H2,1-2H3;1H3. The van der Waals surface area contributed by atoms with Crippen molar-refractivity contribution >= 4 is 10.8 Å². The minimum atomic E-state index is 0. The molecule has 3 N–H and O–H groups in total. The van der Waals surface area contributed by atoms with Crippen LogP contribution in [0.4, 0.5) is 0 Å². The maximum Gasteiger partial charge on any atom is -0.0149 e. The van der Waals surface area contributed by atoms with Gasteiger partial charge in [-0.3, -0.25) is 0 Å². The van der Waals surface area contributed by atoms with E-state index in [4.69, 9.17) is 0 Å². The Morgan fingerprint density at radius 3 is 2.62 bits per heavy atom. The minimum Gasteiger partial charge on any atom is -0.344 e. The second kappa shape index (κ2) is 5.66. The normalized spacial score (nSPS) is 10.1. The molecule has 0 atom stereocenters. The molecule has 0 aliphatic heterocycles. The Labute approximate surface area is 98.1 Å². The number of benzene rings is 2. The van der Waals surface area contributed by atoms with Crippen LogP contribution in [-0.2, 0) is 6.42 Å². The van der Waals surface area contributed by atoms with Crippen molar-refractivity contribution in [1.29, 1.82) is 0 Å². The van der Waals surface area contributed by atoms with Gasteiger partial charge in [0.2, 0.25) is 0 Å². The van der Waals surface area contributed by atoms with Crippen molar-refractivity contribution in [1.82, 2.24) is 6.15 Å². The summed E-state index contributed by atoms with van der Waals surface area (Å²) in [7, 11) is 0. The van der Waals surface area contributed by atoms with Gasteiger partial charge in [0.1, 0.15) is 0 Å². The van der Waals surface area contributed by atoms with Crippen LogP contribution in [0.25, 0.3) is 10.8 Å². The molecule has 0 amide bonds. The van der Waals surface area contributed by atoms with Crippen molar-refractivity contribution in [2.24, 2.45) is 0 Å². The highest BCUT2D eigenvalue weighted by atomic mass is 14.0. The number of fused-ring (bicyclic) bond motifs is 1. The highest BCUT2D eigenvalue weighted by Crippen LogP contribution is 2.21. The summed E-state index contributed by atoms with van der Waals surface area (Å²) in [5.41, 5.74) is 2.85. The molecule has 2 aromatic rings. The van der Waals surface area contributed by atoms with Crippen LogP contribution in [0.2, 0.25) is 0 Å². The first kappa shape index (κ1) is 12.7. The lowest BCUT2D eigenvalue weighted by atomic mass is 9.99. The number of hydrogen-bond donors (Lipinski definition) is 1. The number of rotatable bonds is 3. The van der Waals surface area contributed by atoms with Crippen molar-refractivity contribution in [3.63, 3.8) is 0 Å². The smallest absolute Gasteiger partial charge is 0.0149 e. The minimum absolute atomic E-state index is 0. The lowest BCUT2D eigenvalue weighted by Crippen LogP contribution is -1.87. The van der Waals surface area contributed by atoms with E-state index in [0.29, 0.717) is 0 Å². The molecule has 0 unspecified atom stereocenters. The molecule has 0 radical (unpaired) electrons. The molecule has 1 nitrogen and oxygen atoms in total. The van der Waals surface area contributed by atoms with E-state index in [1.807, 2.05) is 0 Å². The quantitative estimate of drug-likeness (QED) is 0.794. The predicted molar refractivity (Wildman–Crippen MR) is 72.3 cm³/mol. The molecule has 0 saturated carbocycles. The molecule has 0 aliphatic carbocycles. The first-order valence-corrected chi connectivity index (χ1v) is 5.79. The zero-order valence-corrected chi connectivity index (χ0v) is 10.3. The second-order valence-corrected chi connectivity index (χ2v) is 4.25. The zero-order chi connectivity index (χ0) is 10.7. The molecule has 0 saturated heterocycles. The summed E-state index contributed by atoms with van der Waals surface area (Å²) in [6.07, 6.45) is 3.76. The Hall–Kier alpha value is -1.34. The molecule has 0 aromatic heterocycles. The highest BCUT2D eigenvalue weighted by Gasteiger charge is 2.00. The Bertz CT molecular complexity index is 460. The van der Waals surface area contributed by atoms with Crippen molar-refractivity contribution in [2.45, 2.75) is 33.1 Å². The average Bonchev–Trinajstić information content (AvgIpc) is 2.26. The number of unbranched alkanes of at least 4 members (excludes halogenated alkanes) is 1. The molecule has 0 spiro atoms. The SMILES string of the molecule is CCCCc1cccc2ccc(C)cc12.N. The Morgan fingerprint density at radius 2 is 1.88 bits per heavy atom. The summed E-state index contributed by atoms with van der Waals surface area (Å²) >= 11 is 0. The van der Waals surface area contributed by atoms with Gasteiger partial charge >= 0.3 is 0 Å². The molecule has 2 rings (SSSR count). The van der Waals surface area contributed by atoms with Gasteiger partial charge in [0.25, 0.3) is 0 Å². The molecule has 16 heavy (non-hydrogen) atoms. The third-order valence-electron chi connectivity index (χ3n) is 2.93. The van der Waals surface area contributed by atoms with Crippen LogP contribution in [-0.4, -0.2) is 0 Å². The Morgan fingerprint density at radius 1 is 1.06 bits per heavy atom. The monoisotopic (exact) mass is 215 g/mol. The lowest BCUT2D eigenvalue weighted by Gasteiger charge is -2.06. The van der Waals surface area contributed by atoms with E-state index in [2.05, 4.69) is 50.2 Å². The summed E-state index contributed by atoms with van der Waals surface area (Å²) in [6.45, 7) is 4.41. The fraction of sp³-hybridized carbons (Fsp3) is 0.333.